The summed E-state index contributed by atoms with van der Waals surface area (Å²) < 4.78 is 13.5. The van der Waals surface area contributed by atoms with Gasteiger partial charge in [-0.2, -0.15) is 0 Å². The number of carbonyl (C=O) groups is 2. The summed E-state index contributed by atoms with van der Waals surface area (Å²) in [5, 5.41) is 11.4. The van der Waals surface area contributed by atoms with E-state index in [1.54, 1.807) is 23.5 Å². The molecule has 3 heterocycles. The van der Waals surface area contributed by atoms with Gasteiger partial charge in [-0.1, -0.05) is 19.1 Å². The van der Waals surface area contributed by atoms with Gasteiger partial charge in [0.05, 0.1) is 24.5 Å². The maximum absolute atomic E-state index is 13.4. The van der Waals surface area contributed by atoms with Gasteiger partial charge in [0.25, 0.3) is 11.7 Å². The van der Waals surface area contributed by atoms with Gasteiger partial charge in [0, 0.05) is 37.5 Å². The van der Waals surface area contributed by atoms with Gasteiger partial charge in [-0.15, -0.1) is 0 Å². The molecule has 192 valence electrons. The number of aliphatic hydroxyl groups is 1. The number of hydrogen-bond acceptors (Lipinski definition) is 6. The van der Waals surface area contributed by atoms with E-state index in [1.807, 2.05) is 61.0 Å². The zero-order valence-corrected chi connectivity index (χ0v) is 21.1. The van der Waals surface area contributed by atoms with Crippen LogP contribution in [-0.2, 0) is 22.6 Å². The van der Waals surface area contributed by atoms with Crippen molar-refractivity contribution in [2.75, 3.05) is 13.2 Å². The number of nitrogens with zero attached hydrogens (tertiary/aromatic N) is 3. The third-order valence-electron chi connectivity index (χ3n) is 6.73. The van der Waals surface area contributed by atoms with Crippen LogP contribution in [0.2, 0.25) is 0 Å². The van der Waals surface area contributed by atoms with E-state index >= 15 is 0 Å². The van der Waals surface area contributed by atoms with Crippen molar-refractivity contribution < 1.29 is 24.2 Å². The first-order chi connectivity index (χ1) is 18.0. The van der Waals surface area contributed by atoms with Crippen LogP contribution in [0.15, 0.2) is 66.8 Å². The fourth-order valence-corrected chi connectivity index (χ4v) is 5.02. The van der Waals surface area contributed by atoms with E-state index in [4.69, 9.17) is 9.47 Å². The standard InChI is InChI=1S/C29H31N3O5/c1-3-14-36-23-7-4-6-20(17-23)26-25(27(33)21-8-9-24-22(16-21)15-19(2)37-24)28(34)29(35)32(26)12-5-11-31-13-10-30-18-31/h4,6-10,13,16-19,26,33H,3,5,11-12,14-15H2,1-2H3. The Kier molecular flexibility index (Phi) is 6.99. The van der Waals surface area contributed by atoms with Crippen LogP contribution in [0, 0.1) is 0 Å². The molecule has 0 saturated carbocycles. The number of hydrogen-bond donors (Lipinski definition) is 1. The number of aryl methyl sites for hydroxylation is 1. The zero-order chi connectivity index (χ0) is 25.9. The van der Waals surface area contributed by atoms with Crippen LogP contribution in [0.4, 0.5) is 0 Å². The first-order valence-corrected chi connectivity index (χ1v) is 12.7. The van der Waals surface area contributed by atoms with Crippen molar-refractivity contribution in [1.82, 2.24) is 14.5 Å². The molecule has 1 amide bonds. The summed E-state index contributed by atoms with van der Waals surface area (Å²) in [6.07, 6.45) is 7.55. The van der Waals surface area contributed by atoms with Crippen molar-refractivity contribution >= 4 is 17.4 Å². The maximum atomic E-state index is 13.4. The molecule has 2 atom stereocenters. The Hall–Kier alpha value is -4.07. The average molecular weight is 502 g/mol. The molecule has 2 aliphatic heterocycles. The van der Waals surface area contributed by atoms with Crippen molar-refractivity contribution in [1.29, 1.82) is 0 Å². The monoisotopic (exact) mass is 501 g/mol. The number of imidazole rings is 1. The number of carbonyl (C=O) groups excluding carboxylic acids is 2. The molecule has 8 heteroatoms. The number of ether oxygens (including phenoxy) is 2. The van der Waals surface area contributed by atoms with Gasteiger partial charge in [-0.25, -0.2) is 4.98 Å². The van der Waals surface area contributed by atoms with Gasteiger partial charge in [0.15, 0.2) is 0 Å². The molecule has 0 spiro atoms. The summed E-state index contributed by atoms with van der Waals surface area (Å²) in [7, 11) is 0. The lowest BCUT2D eigenvalue weighted by Crippen LogP contribution is -2.31. The molecule has 1 aromatic heterocycles. The van der Waals surface area contributed by atoms with Crippen LogP contribution >= 0.6 is 0 Å². The van der Waals surface area contributed by atoms with Crippen LogP contribution in [0.1, 0.15) is 49.4 Å². The Balaban J connectivity index is 1.53. The minimum Gasteiger partial charge on any atom is -0.507 e. The second-order valence-corrected chi connectivity index (χ2v) is 9.52. The molecule has 8 nitrogen and oxygen atoms in total. The molecular weight excluding hydrogens is 470 g/mol. The van der Waals surface area contributed by atoms with E-state index in [9.17, 15) is 14.7 Å². The summed E-state index contributed by atoms with van der Waals surface area (Å²) in [6.45, 7) is 5.58. The van der Waals surface area contributed by atoms with Gasteiger partial charge in [0.1, 0.15) is 23.4 Å². The van der Waals surface area contributed by atoms with Gasteiger partial charge in [-0.05, 0) is 61.2 Å². The third-order valence-corrected chi connectivity index (χ3v) is 6.73. The lowest BCUT2D eigenvalue weighted by Gasteiger charge is -2.26. The predicted octanol–water partition coefficient (Wildman–Crippen LogP) is 4.51. The summed E-state index contributed by atoms with van der Waals surface area (Å²) in [4.78, 5) is 32.3. The van der Waals surface area contributed by atoms with E-state index in [0.29, 0.717) is 37.4 Å². The van der Waals surface area contributed by atoms with Gasteiger partial charge in [0.2, 0.25) is 0 Å². The van der Waals surface area contributed by atoms with Crippen LogP contribution in [0.3, 0.4) is 0 Å². The lowest BCUT2D eigenvalue weighted by molar-refractivity contribution is -0.139. The topological polar surface area (TPSA) is 93.9 Å². The highest BCUT2D eigenvalue weighted by Crippen LogP contribution is 2.41. The van der Waals surface area contributed by atoms with Crippen molar-refractivity contribution in [2.24, 2.45) is 0 Å². The lowest BCUT2D eigenvalue weighted by atomic mass is 9.94. The van der Waals surface area contributed by atoms with Crippen LogP contribution in [-0.4, -0.2) is 50.5 Å². The van der Waals surface area contributed by atoms with Crippen LogP contribution < -0.4 is 9.47 Å². The highest BCUT2D eigenvalue weighted by Gasteiger charge is 2.46. The molecule has 1 N–H and O–H groups in total. The predicted molar refractivity (Wildman–Crippen MR) is 138 cm³/mol. The summed E-state index contributed by atoms with van der Waals surface area (Å²) in [6, 6.07) is 12.1. The number of ketones is 1. The average Bonchev–Trinajstić information content (AvgIpc) is 3.61. The first-order valence-electron chi connectivity index (χ1n) is 12.7. The molecule has 2 aromatic carbocycles. The molecule has 0 radical (unpaired) electrons. The van der Waals surface area contributed by atoms with E-state index in [1.165, 1.54) is 0 Å². The van der Waals surface area contributed by atoms with E-state index < -0.39 is 17.7 Å². The highest BCUT2D eigenvalue weighted by molar-refractivity contribution is 6.46. The summed E-state index contributed by atoms with van der Waals surface area (Å²) in [5.41, 5.74) is 2.27. The Morgan fingerprint density at radius 3 is 2.84 bits per heavy atom. The number of benzene rings is 2. The molecular formula is C29H31N3O5. The molecule has 5 rings (SSSR count). The maximum Gasteiger partial charge on any atom is 0.295 e. The minimum absolute atomic E-state index is 0.0549. The Morgan fingerprint density at radius 1 is 1.19 bits per heavy atom. The van der Waals surface area contributed by atoms with Crippen molar-refractivity contribution in [3.8, 4) is 11.5 Å². The fourth-order valence-electron chi connectivity index (χ4n) is 5.02. The largest absolute Gasteiger partial charge is 0.507 e. The second-order valence-electron chi connectivity index (χ2n) is 9.52. The fraction of sp³-hybridized carbons (Fsp3) is 0.345. The number of amides is 1. The molecule has 0 aliphatic carbocycles. The molecule has 1 saturated heterocycles. The van der Waals surface area contributed by atoms with Crippen LogP contribution in [0.5, 0.6) is 11.5 Å². The van der Waals surface area contributed by atoms with Crippen LogP contribution in [0.25, 0.3) is 5.76 Å². The molecule has 3 aromatic rings. The quantitative estimate of drug-likeness (QED) is 0.264. The normalized spacial score (nSPS) is 20.2. The molecule has 37 heavy (non-hydrogen) atoms. The Morgan fingerprint density at radius 2 is 2.05 bits per heavy atom. The van der Waals surface area contributed by atoms with Gasteiger partial charge < -0.3 is 24.0 Å². The number of fused-ring (bicyclic) bond motifs is 1. The van der Waals surface area contributed by atoms with Crippen molar-refractivity contribution in [3.63, 3.8) is 0 Å². The first kappa shape index (κ1) is 24.6. The van der Waals surface area contributed by atoms with Crippen molar-refractivity contribution in [3.05, 3.63) is 83.4 Å². The molecule has 1 fully saturated rings. The number of rotatable bonds is 9. The number of Topliss-reactive ketones (excluding diaryl/α,β-unsaturated/α-hetero) is 1. The summed E-state index contributed by atoms with van der Waals surface area (Å²) >= 11 is 0. The van der Waals surface area contributed by atoms with Crippen molar-refractivity contribution in [2.45, 2.75) is 51.8 Å². The minimum atomic E-state index is -0.726. The SMILES string of the molecule is CCCOc1cccc(C2C(=C(O)c3ccc4c(c3)CC(C)O4)C(=O)C(=O)N2CCCn2ccnc2)c1. The molecule has 2 unspecified atom stereocenters. The Labute approximate surface area is 216 Å². The van der Waals surface area contributed by atoms with Gasteiger partial charge in [-0.3, -0.25) is 9.59 Å². The number of aromatic nitrogens is 2. The smallest absolute Gasteiger partial charge is 0.295 e. The summed E-state index contributed by atoms with van der Waals surface area (Å²) in [5.74, 6) is -0.0404. The highest BCUT2D eigenvalue weighted by atomic mass is 16.5. The third kappa shape index (κ3) is 4.96. The zero-order valence-electron chi connectivity index (χ0n) is 21.1. The molecule has 0 bridgehead atoms. The van der Waals surface area contributed by atoms with E-state index in [0.717, 1.165) is 29.7 Å². The Bertz CT molecular complexity index is 1330. The molecule has 2 aliphatic rings. The number of aliphatic hydroxyl groups excluding tert-OH is 1. The van der Waals surface area contributed by atoms with E-state index in [2.05, 4.69) is 4.98 Å². The second kappa shape index (κ2) is 10.5. The van der Waals surface area contributed by atoms with Gasteiger partial charge >= 0.3 is 0 Å². The van der Waals surface area contributed by atoms with E-state index in [-0.39, 0.29) is 17.4 Å². The number of likely N-dealkylation sites (tertiary alicyclic amines) is 1.